The molecule has 3 unspecified atom stereocenters. The summed E-state index contributed by atoms with van der Waals surface area (Å²) in [5.41, 5.74) is 9.04. The standard InChI is InChI=1S/C14H21N/c1-10-7-8-12(9-10)14(15)13-6-4-3-5-11(13)2/h3-6,10,12,14H,7-9,15H2,1-2H3. The highest BCUT2D eigenvalue weighted by molar-refractivity contribution is 5.29. The normalized spacial score (nSPS) is 27.9. The summed E-state index contributed by atoms with van der Waals surface area (Å²) in [6.07, 6.45) is 3.95. The Morgan fingerprint density at radius 2 is 2.00 bits per heavy atom. The molecule has 0 heterocycles. The van der Waals surface area contributed by atoms with E-state index in [1.165, 1.54) is 30.4 Å². The van der Waals surface area contributed by atoms with Gasteiger partial charge in [-0.3, -0.25) is 0 Å². The second-order valence-electron chi connectivity index (χ2n) is 5.06. The second-order valence-corrected chi connectivity index (χ2v) is 5.06. The molecule has 1 aliphatic carbocycles. The Morgan fingerprint density at radius 3 is 2.60 bits per heavy atom. The van der Waals surface area contributed by atoms with Crippen molar-refractivity contribution >= 4 is 0 Å². The molecular weight excluding hydrogens is 182 g/mol. The third-order valence-electron chi connectivity index (χ3n) is 3.79. The SMILES string of the molecule is Cc1ccccc1C(N)C1CCC(C)C1. The maximum absolute atomic E-state index is 6.36. The predicted molar refractivity (Wildman–Crippen MR) is 64.6 cm³/mol. The Kier molecular flexibility index (Phi) is 3.11. The fraction of sp³-hybridized carbons (Fsp3) is 0.571. The van der Waals surface area contributed by atoms with E-state index in [-0.39, 0.29) is 6.04 Å². The van der Waals surface area contributed by atoms with Crippen LogP contribution in [0.15, 0.2) is 24.3 Å². The highest BCUT2D eigenvalue weighted by atomic mass is 14.7. The molecule has 15 heavy (non-hydrogen) atoms. The van der Waals surface area contributed by atoms with E-state index in [0.717, 1.165) is 5.92 Å². The molecule has 1 fully saturated rings. The largest absolute Gasteiger partial charge is 0.324 e. The number of rotatable bonds is 2. The van der Waals surface area contributed by atoms with Crippen LogP contribution in [-0.2, 0) is 0 Å². The smallest absolute Gasteiger partial charge is 0.0326 e. The zero-order valence-electron chi connectivity index (χ0n) is 9.74. The summed E-state index contributed by atoms with van der Waals surface area (Å²) in [5.74, 6) is 1.56. The molecular formula is C14H21N. The average Bonchev–Trinajstić information content (AvgIpc) is 2.65. The lowest BCUT2D eigenvalue weighted by molar-refractivity contribution is 0.427. The predicted octanol–water partition coefficient (Wildman–Crippen LogP) is 3.43. The van der Waals surface area contributed by atoms with Crippen molar-refractivity contribution in [2.75, 3.05) is 0 Å². The molecule has 0 aliphatic heterocycles. The third kappa shape index (κ3) is 2.23. The van der Waals surface area contributed by atoms with Gasteiger partial charge in [0.1, 0.15) is 0 Å². The van der Waals surface area contributed by atoms with Gasteiger partial charge in [0.15, 0.2) is 0 Å². The van der Waals surface area contributed by atoms with E-state index in [4.69, 9.17) is 5.73 Å². The van der Waals surface area contributed by atoms with Gasteiger partial charge in [0, 0.05) is 6.04 Å². The van der Waals surface area contributed by atoms with Gasteiger partial charge in [-0.25, -0.2) is 0 Å². The highest BCUT2D eigenvalue weighted by Crippen LogP contribution is 2.38. The Balaban J connectivity index is 2.14. The van der Waals surface area contributed by atoms with Crippen molar-refractivity contribution < 1.29 is 0 Å². The van der Waals surface area contributed by atoms with Gasteiger partial charge < -0.3 is 5.73 Å². The van der Waals surface area contributed by atoms with Crippen molar-refractivity contribution in [1.82, 2.24) is 0 Å². The van der Waals surface area contributed by atoms with E-state index >= 15 is 0 Å². The molecule has 1 nitrogen and oxygen atoms in total. The molecule has 1 aromatic rings. The van der Waals surface area contributed by atoms with Crippen LogP contribution >= 0.6 is 0 Å². The molecule has 82 valence electrons. The van der Waals surface area contributed by atoms with E-state index < -0.39 is 0 Å². The quantitative estimate of drug-likeness (QED) is 0.783. The molecule has 3 atom stereocenters. The van der Waals surface area contributed by atoms with E-state index in [2.05, 4.69) is 38.1 Å². The van der Waals surface area contributed by atoms with Crippen molar-refractivity contribution in [2.24, 2.45) is 17.6 Å². The van der Waals surface area contributed by atoms with Crippen molar-refractivity contribution in [1.29, 1.82) is 0 Å². The van der Waals surface area contributed by atoms with Gasteiger partial charge in [-0.2, -0.15) is 0 Å². The maximum Gasteiger partial charge on any atom is 0.0326 e. The highest BCUT2D eigenvalue weighted by Gasteiger charge is 2.27. The number of aryl methyl sites for hydroxylation is 1. The van der Waals surface area contributed by atoms with Gasteiger partial charge >= 0.3 is 0 Å². The van der Waals surface area contributed by atoms with Crippen molar-refractivity contribution in [3.05, 3.63) is 35.4 Å². The van der Waals surface area contributed by atoms with Gasteiger partial charge in [-0.05, 0) is 42.7 Å². The van der Waals surface area contributed by atoms with E-state index in [9.17, 15) is 0 Å². The minimum atomic E-state index is 0.246. The number of benzene rings is 1. The first-order valence-electron chi connectivity index (χ1n) is 5.99. The summed E-state index contributed by atoms with van der Waals surface area (Å²) in [7, 11) is 0. The van der Waals surface area contributed by atoms with Crippen LogP contribution in [0.25, 0.3) is 0 Å². The maximum atomic E-state index is 6.36. The first-order valence-corrected chi connectivity index (χ1v) is 5.99. The molecule has 1 heteroatoms. The third-order valence-corrected chi connectivity index (χ3v) is 3.79. The number of nitrogens with two attached hydrogens (primary N) is 1. The van der Waals surface area contributed by atoms with Gasteiger partial charge in [-0.1, -0.05) is 37.6 Å². The summed E-state index contributed by atoms with van der Waals surface area (Å²) in [4.78, 5) is 0. The van der Waals surface area contributed by atoms with Crippen LogP contribution in [0.5, 0.6) is 0 Å². The molecule has 0 spiro atoms. The van der Waals surface area contributed by atoms with Crippen molar-refractivity contribution in [3.63, 3.8) is 0 Å². The summed E-state index contributed by atoms with van der Waals surface area (Å²) < 4.78 is 0. The molecule has 2 N–H and O–H groups in total. The molecule has 1 saturated carbocycles. The minimum absolute atomic E-state index is 0.246. The van der Waals surface area contributed by atoms with Crippen LogP contribution in [0.3, 0.4) is 0 Å². The molecule has 0 aromatic heterocycles. The first-order chi connectivity index (χ1) is 7.18. The average molecular weight is 203 g/mol. The Labute approximate surface area is 92.7 Å². The monoisotopic (exact) mass is 203 g/mol. The fourth-order valence-corrected chi connectivity index (χ4v) is 2.79. The lowest BCUT2D eigenvalue weighted by Crippen LogP contribution is -2.20. The minimum Gasteiger partial charge on any atom is -0.324 e. The molecule has 0 amide bonds. The summed E-state index contributed by atoms with van der Waals surface area (Å²) in [5, 5.41) is 0. The molecule has 0 bridgehead atoms. The Morgan fingerprint density at radius 1 is 1.27 bits per heavy atom. The van der Waals surface area contributed by atoms with Crippen molar-refractivity contribution in [2.45, 2.75) is 39.2 Å². The van der Waals surface area contributed by atoms with Crippen LogP contribution in [0, 0.1) is 18.8 Å². The van der Waals surface area contributed by atoms with E-state index in [1.807, 2.05) is 0 Å². The Hall–Kier alpha value is -0.820. The van der Waals surface area contributed by atoms with Crippen LogP contribution in [-0.4, -0.2) is 0 Å². The van der Waals surface area contributed by atoms with Gasteiger partial charge in [0.25, 0.3) is 0 Å². The number of hydrogen-bond donors (Lipinski definition) is 1. The molecule has 0 saturated heterocycles. The topological polar surface area (TPSA) is 26.0 Å². The number of hydrogen-bond acceptors (Lipinski definition) is 1. The zero-order valence-corrected chi connectivity index (χ0v) is 9.74. The van der Waals surface area contributed by atoms with Crippen LogP contribution in [0.4, 0.5) is 0 Å². The summed E-state index contributed by atoms with van der Waals surface area (Å²) >= 11 is 0. The van der Waals surface area contributed by atoms with E-state index in [0.29, 0.717) is 5.92 Å². The first kappa shape index (κ1) is 10.7. The second kappa shape index (κ2) is 4.36. The lowest BCUT2D eigenvalue weighted by atomic mass is 9.89. The lowest BCUT2D eigenvalue weighted by Gasteiger charge is -2.21. The van der Waals surface area contributed by atoms with Crippen molar-refractivity contribution in [3.8, 4) is 0 Å². The Bertz CT molecular complexity index is 332. The fourth-order valence-electron chi connectivity index (χ4n) is 2.79. The van der Waals surface area contributed by atoms with Crippen LogP contribution < -0.4 is 5.73 Å². The molecule has 0 radical (unpaired) electrons. The summed E-state index contributed by atoms with van der Waals surface area (Å²) in [6, 6.07) is 8.77. The summed E-state index contributed by atoms with van der Waals surface area (Å²) in [6.45, 7) is 4.50. The molecule has 1 aromatic carbocycles. The van der Waals surface area contributed by atoms with Crippen LogP contribution in [0.2, 0.25) is 0 Å². The molecule has 2 rings (SSSR count). The molecule has 1 aliphatic rings. The van der Waals surface area contributed by atoms with Gasteiger partial charge in [0.2, 0.25) is 0 Å². The van der Waals surface area contributed by atoms with Gasteiger partial charge in [0.05, 0.1) is 0 Å². The van der Waals surface area contributed by atoms with Gasteiger partial charge in [-0.15, -0.1) is 0 Å². The van der Waals surface area contributed by atoms with Crippen LogP contribution in [0.1, 0.15) is 43.4 Å². The zero-order chi connectivity index (χ0) is 10.8. The van der Waals surface area contributed by atoms with E-state index in [1.54, 1.807) is 0 Å².